The molecule has 0 radical (unpaired) electrons. The first kappa shape index (κ1) is 21.2. The van der Waals surface area contributed by atoms with Gasteiger partial charge in [-0.2, -0.15) is 13.2 Å². The van der Waals surface area contributed by atoms with Crippen LogP contribution in [0.4, 0.5) is 42.0 Å². The summed E-state index contributed by atoms with van der Waals surface area (Å²) in [4.78, 5) is 22.3. The van der Waals surface area contributed by atoms with Gasteiger partial charge in [0.25, 0.3) is 0 Å². The molecule has 3 rings (SSSR count). The van der Waals surface area contributed by atoms with Crippen molar-refractivity contribution in [1.82, 2.24) is 15.0 Å². The van der Waals surface area contributed by atoms with Crippen molar-refractivity contribution in [2.75, 3.05) is 10.6 Å². The lowest BCUT2D eigenvalue weighted by atomic mass is 10.1. The second kappa shape index (κ2) is 8.11. The van der Waals surface area contributed by atoms with Crippen LogP contribution in [0.3, 0.4) is 0 Å². The Hall–Kier alpha value is -3.47. The van der Waals surface area contributed by atoms with Gasteiger partial charge in [0.2, 0.25) is 11.6 Å². The van der Waals surface area contributed by atoms with Gasteiger partial charge in [0.15, 0.2) is 5.82 Å². The third kappa shape index (κ3) is 4.74. The lowest BCUT2D eigenvalue weighted by molar-refractivity contribution is -0.383. The molecule has 0 bridgehead atoms. The van der Waals surface area contributed by atoms with Gasteiger partial charge in [-0.05, 0) is 43.2 Å². The second-order valence-corrected chi connectivity index (χ2v) is 6.76. The first-order chi connectivity index (χ1) is 14.0. The summed E-state index contributed by atoms with van der Waals surface area (Å²) in [6.07, 6.45) is -2.99. The lowest BCUT2D eigenvalue weighted by Gasteiger charge is -2.12. The number of alkyl halides is 3. The Bertz CT molecular complexity index is 1100. The molecule has 8 nitrogen and oxygen atoms in total. The zero-order chi connectivity index (χ0) is 22.1. The molecule has 0 unspecified atom stereocenters. The molecule has 0 saturated heterocycles. The number of pyridine rings is 1. The third-order valence-corrected chi connectivity index (χ3v) is 4.18. The van der Waals surface area contributed by atoms with Gasteiger partial charge in [0.05, 0.1) is 15.5 Å². The number of aromatic nitrogens is 3. The zero-order valence-electron chi connectivity index (χ0n) is 15.6. The minimum atomic E-state index is -4.63. The van der Waals surface area contributed by atoms with Crippen LogP contribution in [0.2, 0.25) is 5.02 Å². The smallest absolute Gasteiger partial charge is 0.334 e. The molecule has 3 aromatic rings. The molecule has 0 saturated carbocycles. The summed E-state index contributed by atoms with van der Waals surface area (Å²) in [6.45, 7) is 3.75. The maximum Gasteiger partial charge on any atom is 0.417 e. The predicted octanol–water partition coefficient (Wildman–Crippen LogP) is 5.56. The van der Waals surface area contributed by atoms with Crippen LogP contribution in [-0.2, 0) is 6.18 Å². The number of rotatable bonds is 5. The molecule has 156 valence electrons. The van der Waals surface area contributed by atoms with E-state index in [1.807, 2.05) is 19.9 Å². The van der Waals surface area contributed by atoms with Crippen LogP contribution in [-0.4, -0.2) is 19.9 Å². The highest BCUT2D eigenvalue weighted by Gasteiger charge is 2.32. The van der Waals surface area contributed by atoms with Gasteiger partial charge in [-0.1, -0.05) is 17.7 Å². The molecule has 0 atom stereocenters. The quantitative estimate of drug-likeness (QED) is 0.397. The normalized spacial score (nSPS) is 11.3. The van der Waals surface area contributed by atoms with Crippen molar-refractivity contribution >= 4 is 40.4 Å². The fourth-order valence-corrected chi connectivity index (χ4v) is 2.93. The molecular weight excluding hydrogens is 425 g/mol. The maximum atomic E-state index is 12.8. The van der Waals surface area contributed by atoms with E-state index in [4.69, 9.17) is 11.6 Å². The van der Waals surface area contributed by atoms with Crippen molar-refractivity contribution in [3.05, 3.63) is 68.6 Å². The van der Waals surface area contributed by atoms with E-state index in [1.165, 1.54) is 0 Å². The molecule has 2 heterocycles. The Labute approximate surface area is 173 Å². The summed E-state index contributed by atoms with van der Waals surface area (Å²) in [6, 6.07) is 6.16. The Morgan fingerprint density at radius 2 is 1.57 bits per heavy atom. The number of halogens is 4. The molecule has 0 amide bonds. The summed E-state index contributed by atoms with van der Waals surface area (Å²) in [5.41, 5.74) is 0.884. The van der Waals surface area contributed by atoms with Gasteiger partial charge in [-0.3, -0.25) is 10.1 Å². The van der Waals surface area contributed by atoms with Crippen LogP contribution in [0.25, 0.3) is 0 Å². The monoisotopic (exact) mass is 438 g/mol. The molecule has 30 heavy (non-hydrogen) atoms. The van der Waals surface area contributed by atoms with Crippen molar-refractivity contribution < 1.29 is 18.1 Å². The van der Waals surface area contributed by atoms with Gasteiger partial charge >= 0.3 is 11.9 Å². The van der Waals surface area contributed by atoms with Crippen LogP contribution in [0.15, 0.2) is 36.8 Å². The Morgan fingerprint density at radius 3 is 2.10 bits per heavy atom. The molecule has 0 aliphatic carbocycles. The molecule has 0 fully saturated rings. The van der Waals surface area contributed by atoms with Crippen molar-refractivity contribution in [3.63, 3.8) is 0 Å². The number of benzene rings is 1. The number of aryl methyl sites for hydroxylation is 2. The fourth-order valence-electron chi connectivity index (χ4n) is 2.72. The van der Waals surface area contributed by atoms with Crippen molar-refractivity contribution in [1.29, 1.82) is 0 Å². The first-order valence-corrected chi connectivity index (χ1v) is 8.77. The highest BCUT2D eigenvalue weighted by atomic mass is 35.5. The standard InChI is InChI=1S/C18H14ClF3N6O2/c1-9-3-10(2)5-12(4-9)26-16-14(28(29)30)17(25-8-24-16)27-15-13(19)6-11(7-23-15)18(20,21)22/h3-8H,1-2H3,(H2,23,24,25,26,27). The van der Waals surface area contributed by atoms with E-state index in [1.54, 1.807) is 12.1 Å². The van der Waals surface area contributed by atoms with E-state index in [-0.39, 0.29) is 22.5 Å². The van der Waals surface area contributed by atoms with E-state index in [9.17, 15) is 23.3 Å². The molecule has 0 spiro atoms. The van der Waals surface area contributed by atoms with Gasteiger partial charge in [-0.15, -0.1) is 0 Å². The summed E-state index contributed by atoms with van der Waals surface area (Å²) in [7, 11) is 0. The third-order valence-electron chi connectivity index (χ3n) is 3.89. The van der Waals surface area contributed by atoms with E-state index in [0.717, 1.165) is 17.5 Å². The minimum absolute atomic E-state index is 0.106. The Balaban J connectivity index is 1.98. The SMILES string of the molecule is Cc1cc(C)cc(Nc2ncnc(Nc3ncc(C(F)(F)F)cc3Cl)c2[N+](=O)[O-])c1. The number of hydrogen-bond acceptors (Lipinski definition) is 7. The van der Waals surface area contributed by atoms with E-state index >= 15 is 0 Å². The lowest BCUT2D eigenvalue weighted by Crippen LogP contribution is -2.08. The molecule has 1 aromatic carbocycles. The Morgan fingerprint density at radius 1 is 0.967 bits per heavy atom. The largest absolute Gasteiger partial charge is 0.417 e. The number of nitrogens with one attached hydrogen (secondary N) is 2. The van der Waals surface area contributed by atoms with Gasteiger partial charge < -0.3 is 10.6 Å². The van der Waals surface area contributed by atoms with Crippen LogP contribution < -0.4 is 10.6 Å². The average Bonchev–Trinajstić information content (AvgIpc) is 2.61. The van der Waals surface area contributed by atoms with E-state index in [0.29, 0.717) is 18.0 Å². The van der Waals surface area contributed by atoms with E-state index in [2.05, 4.69) is 25.6 Å². The maximum absolute atomic E-state index is 12.8. The Kier molecular flexibility index (Phi) is 5.74. The topological polar surface area (TPSA) is 106 Å². The van der Waals surface area contributed by atoms with Gasteiger partial charge in [-0.25, -0.2) is 15.0 Å². The summed E-state index contributed by atoms with van der Waals surface area (Å²) in [5.74, 6) is -0.606. The molecule has 2 aromatic heterocycles. The fraction of sp³-hybridized carbons (Fsp3) is 0.167. The van der Waals surface area contributed by atoms with Crippen LogP contribution >= 0.6 is 11.6 Å². The average molecular weight is 439 g/mol. The minimum Gasteiger partial charge on any atom is -0.334 e. The molecule has 0 aliphatic heterocycles. The van der Waals surface area contributed by atoms with Crippen molar-refractivity contribution in [3.8, 4) is 0 Å². The number of anilines is 4. The zero-order valence-corrected chi connectivity index (χ0v) is 16.3. The first-order valence-electron chi connectivity index (χ1n) is 8.39. The second-order valence-electron chi connectivity index (χ2n) is 6.36. The predicted molar refractivity (Wildman–Crippen MR) is 105 cm³/mol. The van der Waals surface area contributed by atoms with Crippen LogP contribution in [0.1, 0.15) is 16.7 Å². The van der Waals surface area contributed by atoms with Crippen LogP contribution in [0.5, 0.6) is 0 Å². The molecule has 0 aliphatic rings. The van der Waals surface area contributed by atoms with Crippen LogP contribution in [0, 0.1) is 24.0 Å². The molecule has 12 heteroatoms. The number of nitro groups is 1. The molecule has 2 N–H and O–H groups in total. The van der Waals surface area contributed by atoms with Crippen molar-refractivity contribution in [2.24, 2.45) is 0 Å². The van der Waals surface area contributed by atoms with Gasteiger partial charge in [0.1, 0.15) is 6.33 Å². The highest BCUT2D eigenvalue weighted by molar-refractivity contribution is 6.33. The van der Waals surface area contributed by atoms with E-state index < -0.39 is 22.4 Å². The summed E-state index contributed by atoms with van der Waals surface area (Å²) in [5, 5.41) is 16.7. The molecular formula is C18H14ClF3N6O2. The van der Waals surface area contributed by atoms with Crippen molar-refractivity contribution in [2.45, 2.75) is 20.0 Å². The summed E-state index contributed by atoms with van der Waals surface area (Å²) >= 11 is 5.87. The number of hydrogen-bond donors (Lipinski definition) is 2. The summed E-state index contributed by atoms with van der Waals surface area (Å²) < 4.78 is 38.3. The van der Waals surface area contributed by atoms with Gasteiger partial charge in [0, 0.05) is 11.9 Å². The highest BCUT2D eigenvalue weighted by Crippen LogP contribution is 2.36. The number of nitrogens with zero attached hydrogens (tertiary/aromatic N) is 4.